The van der Waals surface area contributed by atoms with Crippen molar-refractivity contribution in [1.82, 2.24) is 30.1 Å². The smallest absolute Gasteiger partial charge is 0.416 e. The number of pyridine rings is 1. The molecule has 140 valence electrons. The van der Waals surface area contributed by atoms with Gasteiger partial charge in [-0.1, -0.05) is 11.8 Å². The topological polar surface area (TPSA) is 86.0 Å². The molecule has 0 bridgehead atoms. The van der Waals surface area contributed by atoms with Crippen LogP contribution in [0.25, 0.3) is 0 Å². The van der Waals surface area contributed by atoms with Crippen molar-refractivity contribution in [1.29, 1.82) is 0 Å². The highest BCUT2D eigenvalue weighted by atomic mass is 32.2. The summed E-state index contributed by atoms with van der Waals surface area (Å²) in [5.41, 5.74) is -0.817. The van der Waals surface area contributed by atoms with Crippen LogP contribution in [0.15, 0.2) is 23.5 Å². The summed E-state index contributed by atoms with van der Waals surface area (Å²) < 4.78 is 45.2. The number of alkyl halides is 3. The monoisotopic (exact) mass is 388 g/mol. The van der Waals surface area contributed by atoms with Gasteiger partial charge >= 0.3 is 6.18 Å². The molecule has 3 heterocycles. The minimum Gasteiger partial charge on any atom is -0.472 e. The first kappa shape index (κ1) is 18.4. The van der Waals surface area contributed by atoms with Crippen LogP contribution in [0.4, 0.5) is 13.2 Å². The van der Waals surface area contributed by atoms with Gasteiger partial charge in [-0.2, -0.15) is 13.2 Å². The molecule has 0 aromatic carbocycles. The van der Waals surface area contributed by atoms with Gasteiger partial charge in [0.25, 0.3) is 0 Å². The molecule has 0 spiro atoms. The van der Waals surface area contributed by atoms with Crippen LogP contribution >= 0.6 is 11.8 Å². The average Bonchev–Trinajstić information content (AvgIpc) is 3.21. The number of tetrazole rings is 1. The molecule has 2 aromatic rings. The first-order valence-corrected chi connectivity index (χ1v) is 8.64. The van der Waals surface area contributed by atoms with Crippen LogP contribution in [0.2, 0.25) is 0 Å². The van der Waals surface area contributed by atoms with Crippen LogP contribution in [-0.2, 0) is 18.0 Å². The maximum absolute atomic E-state index is 12.7. The molecule has 12 heteroatoms. The van der Waals surface area contributed by atoms with E-state index in [2.05, 4.69) is 20.5 Å². The van der Waals surface area contributed by atoms with Crippen molar-refractivity contribution >= 4 is 17.7 Å². The van der Waals surface area contributed by atoms with Crippen LogP contribution in [0.1, 0.15) is 12.0 Å². The predicted molar refractivity (Wildman–Crippen MR) is 84.4 cm³/mol. The first-order chi connectivity index (χ1) is 12.3. The average molecular weight is 388 g/mol. The fraction of sp³-hybridized carbons (Fsp3) is 0.500. The van der Waals surface area contributed by atoms with Gasteiger partial charge in [-0.3, -0.25) is 4.79 Å². The van der Waals surface area contributed by atoms with Crippen molar-refractivity contribution in [2.45, 2.75) is 23.9 Å². The normalized spacial score (nSPS) is 17.5. The summed E-state index contributed by atoms with van der Waals surface area (Å²) in [5.74, 6) is -0.0392. The van der Waals surface area contributed by atoms with Crippen molar-refractivity contribution in [3.63, 3.8) is 0 Å². The summed E-state index contributed by atoms with van der Waals surface area (Å²) in [7, 11) is 1.68. The second kappa shape index (κ2) is 7.48. The van der Waals surface area contributed by atoms with Crippen molar-refractivity contribution in [3.8, 4) is 5.88 Å². The molecule has 26 heavy (non-hydrogen) atoms. The maximum Gasteiger partial charge on any atom is 0.416 e. The minimum atomic E-state index is -4.45. The molecule has 0 saturated carbocycles. The summed E-state index contributed by atoms with van der Waals surface area (Å²) in [4.78, 5) is 17.7. The number of hydrogen-bond donors (Lipinski definition) is 0. The Balaban J connectivity index is 1.52. The zero-order valence-corrected chi connectivity index (χ0v) is 14.5. The highest BCUT2D eigenvalue weighted by molar-refractivity contribution is 7.99. The largest absolute Gasteiger partial charge is 0.472 e. The highest BCUT2D eigenvalue weighted by Gasteiger charge is 2.32. The van der Waals surface area contributed by atoms with E-state index in [0.29, 0.717) is 24.7 Å². The number of thioether (sulfide) groups is 1. The molecule has 2 aromatic heterocycles. The second-order valence-electron chi connectivity index (χ2n) is 5.62. The third kappa shape index (κ3) is 4.42. The number of carbonyl (C=O) groups is 1. The SMILES string of the molecule is Cn1nnnc1SCC(=O)N1CCC(Oc2cc(C(F)(F)F)ccn2)C1. The quantitative estimate of drug-likeness (QED) is 0.716. The molecule has 1 saturated heterocycles. The molecule has 3 rings (SSSR count). The third-order valence-corrected chi connectivity index (χ3v) is 4.75. The number of aromatic nitrogens is 5. The van der Waals surface area contributed by atoms with Crippen molar-refractivity contribution in [2.75, 3.05) is 18.8 Å². The van der Waals surface area contributed by atoms with E-state index in [9.17, 15) is 18.0 Å². The Kier molecular flexibility index (Phi) is 5.30. The number of ether oxygens (including phenoxy) is 1. The molecule has 1 amide bonds. The van der Waals surface area contributed by atoms with E-state index in [0.717, 1.165) is 18.3 Å². The lowest BCUT2D eigenvalue weighted by Gasteiger charge is -2.17. The summed E-state index contributed by atoms with van der Waals surface area (Å²) in [5, 5.41) is 11.5. The Hall–Kier alpha value is -2.37. The number of rotatable bonds is 5. The number of nitrogens with zero attached hydrogens (tertiary/aromatic N) is 6. The van der Waals surface area contributed by atoms with Gasteiger partial charge in [-0.25, -0.2) is 9.67 Å². The summed E-state index contributed by atoms with van der Waals surface area (Å²) >= 11 is 1.22. The standard InChI is InChI=1S/C14H15F3N6O2S/c1-22-13(19-20-21-22)26-8-12(24)23-5-3-10(7-23)25-11-6-9(2-4-18-11)14(15,16)17/h2,4,6,10H,3,5,7-8H2,1H3. The zero-order valence-electron chi connectivity index (χ0n) is 13.7. The van der Waals surface area contributed by atoms with Gasteiger partial charge in [0.1, 0.15) is 6.10 Å². The lowest BCUT2D eigenvalue weighted by atomic mass is 10.2. The number of halogens is 3. The Bertz CT molecular complexity index is 784. The lowest BCUT2D eigenvalue weighted by Crippen LogP contribution is -2.32. The van der Waals surface area contributed by atoms with Gasteiger partial charge in [-0.05, 0) is 16.5 Å². The fourth-order valence-electron chi connectivity index (χ4n) is 2.43. The van der Waals surface area contributed by atoms with Crippen LogP contribution in [0, 0.1) is 0 Å². The van der Waals surface area contributed by atoms with E-state index in [4.69, 9.17) is 4.74 Å². The molecule has 1 fully saturated rings. The third-order valence-electron chi connectivity index (χ3n) is 3.75. The van der Waals surface area contributed by atoms with E-state index < -0.39 is 17.8 Å². The van der Waals surface area contributed by atoms with Gasteiger partial charge in [0.15, 0.2) is 0 Å². The van der Waals surface area contributed by atoms with Crippen LogP contribution in [0.3, 0.4) is 0 Å². The molecule has 1 aliphatic heterocycles. The zero-order chi connectivity index (χ0) is 18.7. The summed E-state index contributed by atoms with van der Waals surface area (Å²) in [6.45, 7) is 0.772. The van der Waals surface area contributed by atoms with Gasteiger partial charge in [0, 0.05) is 32.3 Å². The molecular formula is C14H15F3N6O2S. The number of hydrogen-bond acceptors (Lipinski definition) is 7. The lowest BCUT2D eigenvalue weighted by molar-refractivity contribution is -0.137. The van der Waals surface area contributed by atoms with E-state index in [1.807, 2.05) is 0 Å². The van der Waals surface area contributed by atoms with Gasteiger partial charge in [0.05, 0.1) is 17.9 Å². The van der Waals surface area contributed by atoms with Crippen LogP contribution in [0.5, 0.6) is 5.88 Å². The number of carbonyl (C=O) groups excluding carboxylic acids is 1. The molecule has 1 aliphatic rings. The number of likely N-dealkylation sites (tertiary alicyclic amines) is 1. The van der Waals surface area contributed by atoms with Gasteiger partial charge in [-0.15, -0.1) is 5.10 Å². The fourth-order valence-corrected chi connectivity index (χ4v) is 3.19. The van der Waals surface area contributed by atoms with Crippen molar-refractivity contribution in [2.24, 2.45) is 7.05 Å². The molecule has 8 nitrogen and oxygen atoms in total. The summed E-state index contributed by atoms with van der Waals surface area (Å²) in [6.07, 6.45) is -3.26. The van der Waals surface area contributed by atoms with Crippen LogP contribution in [-0.4, -0.2) is 60.9 Å². The van der Waals surface area contributed by atoms with E-state index >= 15 is 0 Å². The molecule has 0 N–H and O–H groups in total. The predicted octanol–water partition coefficient (Wildman–Crippen LogP) is 1.40. The second-order valence-corrected chi connectivity index (χ2v) is 6.57. The maximum atomic E-state index is 12.7. The Morgan fingerprint density at radius 1 is 1.46 bits per heavy atom. The molecule has 1 unspecified atom stereocenters. The van der Waals surface area contributed by atoms with E-state index in [-0.39, 0.29) is 17.5 Å². The first-order valence-electron chi connectivity index (χ1n) is 7.66. The number of aryl methyl sites for hydroxylation is 1. The Morgan fingerprint density at radius 3 is 2.96 bits per heavy atom. The highest BCUT2D eigenvalue weighted by Crippen LogP contribution is 2.31. The molecule has 1 atom stereocenters. The molecule has 0 radical (unpaired) electrons. The summed E-state index contributed by atoms with van der Waals surface area (Å²) in [6, 6.07) is 1.75. The van der Waals surface area contributed by atoms with E-state index in [1.54, 1.807) is 11.9 Å². The minimum absolute atomic E-state index is 0.0985. The molecule has 0 aliphatic carbocycles. The van der Waals surface area contributed by atoms with Crippen molar-refractivity contribution in [3.05, 3.63) is 23.9 Å². The van der Waals surface area contributed by atoms with Crippen molar-refractivity contribution < 1.29 is 22.7 Å². The molecular weight excluding hydrogens is 373 g/mol. The Morgan fingerprint density at radius 2 is 2.27 bits per heavy atom. The van der Waals surface area contributed by atoms with Gasteiger partial charge in [0.2, 0.25) is 16.9 Å². The van der Waals surface area contributed by atoms with Gasteiger partial charge < -0.3 is 9.64 Å². The number of amides is 1. The van der Waals surface area contributed by atoms with E-state index in [1.165, 1.54) is 16.4 Å². The Labute approximate surface area is 150 Å². The van der Waals surface area contributed by atoms with Crippen LogP contribution < -0.4 is 4.74 Å².